The van der Waals surface area contributed by atoms with Crippen LogP contribution in [0, 0.1) is 5.82 Å². The summed E-state index contributed by atoms with van der Waals surface area (Å²) in [5.41, 5.74) is 2.05. The molecule has 0 saturated heterocycles. The topological polar surface area (TPSA) is 51.2 Å². The van der Waals surface area contributed by atoms with Gasteiger partial charge in [0.05, 0.1) is 12.2 Å². The zero-order valence-corrected chi connectivity index (χ0v) is 14.5. The summed E-state index contributed by atoms with van der Waals surface area (Å²) in [6, 6.07) is 13.6. The summed E-state index contributed by atoms with van der Waals surface area (Å²) in [6.07, 6.45) is 0. The molecule has 1 heterocycles. The van der Waals surface area contributed by atoms with E-state index >= 15 is 0 Å². The lowest BCUT2D eigenvalue weighted by Gasteiger charge is -2.07. The molecule has 25 heavy (non-hydrogen) atoms. The summed E-state index contributed by atoms with van der Waals surface area (Å²) in [4.78, 5) is 16.7. The predicted molar refractivity (Wildman–Crippen MR) is 96.3 cm³/mol. The van der Waals surface area contributed by atoms with Gasteiger partial charge in [0, 0.05) is 11.9 Å². The molecule has 0 bridgehead atoms. The molecular formula is C19H17FN2O2S. The highest BCUT2D eigenvalue weighted by Crippen LogP contribution is 2.32. The van der Waals surface area contributed by atoms with Crippen molar-refractivity contribution in [2.75, 3.05) is 6.61 Å². The van der Waals surface area contributed by atoms with Gasteiger partial charge in [0.2, 0.25) is 0 Å². The molecule has 4 nitrogen and oxygen atoms in total. The van der Waals surface area contributed by atoms with Gasteiger partial charge in [0.15, 0.2) is 0 Å². The summed E-state index contributed by atoms with van der Waals surface area (Å²) >= 11 is 1.39. The van der Waals surface area contributed by atoms with E-state index in [1.54, 1.807) is 17.5 Å². The van der Waals surface area contributed by atoms with E-state index in [0.29, 0.717) is 18.8 Å². The fraction of sp³-hybridized carbons (Fsp3) is 0.158. The molecule has 0 fully saturated rings. The van der Waals surface area contributed by atoms with E-state index in [4.69, 9.17) is 4.74 Å². The highest BCUT2D eigenvalue weighted by Gasteiger charge is 2.14. The van der Waals surface area contributed by atoms with Gasteiger partial charge >= 0.3 is 0 Å². The van der Waals surface area contributed by atoms with Crippen LogP contribution >= 0.6 is 11.3 Å². The minimum Gasteiger partial charge on any atom is -0.493 e. The number of carbonyl (C=O) groups is 1. The third-order valence-corrected chi connectivity index (χ3v) is 4.40. The highest BCUT2D eigenvalue weighted by atomic mass is 32.1. The molecule has 0 unspecified atom stereocenters. The van der Waals surface area contributed by atoms with Crippen LogP contribution in [-0.4, -0.2) is 17.5 Å². The number of hydrogen-bond acceptors (Lipinski definition) is 4. The number of rotatable bonds is 6. The Morgan fingerprint density at radius 2 is 1.96 bits per heavy atom. The van der Waals surface area contributed by atoms with Crippen LogP contribution < -0.4 is 10.1 Å². The van der Waals surface area contributed by atoms with Gasteiger partial charge in [-0.25, -0.2) is 9.37 Å². The quantitative estimate of drug-likeness (QED) is 0.717. The van der Waals surface area contributed by atoms with Crippen molar-refractivity contribution in [2.45, 2.75) is 13.5 Å². The number of carbonyl (C=O) groups excluding carboxylic acids is 1. The number of amides is 1. The molecule has 0 aliphatic rings. The number of halogens is 1. The molecule has 0 aliphatic carbocycles. The molecule has 0 spiro atoms. The van der Waals surface area contributed by atoms with E-state index in [9.17, 15) is 9.18 Å². The lowest BCUT2D eigenvalue weighted by atomic mass is 10.2. The van der Waals surface area contributed by atoms with E-state index in [2.05, 4.69) is 10.3 Å². The van der Waals surface area contributed by atoms with Crippen LogP contribution in [0.1, 0.15) is 23.0 Å². The summed E-state index contributed by atoms with van der Waals surface area (Å²) in [6.45, 7) is 2.81. The number of nitrogens with zero attached hydrogens (tertiary/aromatic N) is 1. The van der Waals surface area contributed by atoms with E-state index in [0.717, 1.165) is 21.9 Å². The fourth-order valence-corrected chi connectivity index (χ4v) is 3.13. The Morgan fingerprint density at radius 1 is 1.20 bits per heavy atom. The van der Waals surface area contributed by atoms with E-state index < -0.39 is 0 Å². The SMILES string of the molecule is CCOc1ccccc1-c1nc(C(=O)NCc2ccc(F)cc2)cs1. The van der Waals surface area contributed by atoms with Crippen molar-refractivity contribution < 1.29 is 13.9 Å². The second-order valence-electron chi connectivity index (χ2n) is 5.28. The molecule has 0 saturated carbocycles. The third-order valence-electron chi connectivity index (χ3n) is 3.52. The Balaban J connectivity index is 1.70. The molecule has 0 aliphatic heterocycles. The second kappa shape index (κ2) is 7.90. The maximum atomic E-state index is 12.9. The Kier molecular flexibility index (Phi) is 5.40. The lowest BCUT2D eigenvalue weighted by Crippen LogP contribution is -2.23. The number of aromatic nitrogens is 1. The Hall–Kier alpha value is -2.73. The second-order valence-corrected chi connectivity index (χ2v) is 6.13. The smallest absolute Gasteiger partial charge is 0.271 e. The van der Waals surface area contributed by atoms with Gasteiger partial charge in [-0.05, 0) is 36.8 Å². The number of ether oxygens (including phenoxy) is 1. The zero-order chi connectivity index (χ0) is 17.6. The van der Waals surface area contributed by atoms with Crippen LogP contribution in [0.4, 0.5) is 4.39 Å². The van der Waals surface area contributed by atoms with Gasteiger partial charge in [0.1, 0.15) is 22.3 Å². The van der Waals surface area contributed by atoms with Crippen molar-refractivity contribution >= 4 is 17.2 Å². The van der Waals surface area contributed by atoms with Crippen LogP contribution in [0.25, 0.3) is 10.6 Å². The summed E-state index contributed by atoms with van der Waals surface area (Å²) in [5.74, 6) is 0.186. The minimum absolute atomic E-state index is 0.263. The molecule has 2 aromatic carbocycles. The number of para-hydroxylation sites is 1. The molecular weight excluding hydrogens is 339 g/mol. The van der Waals surface area contributed by atoms with Crippen LogP contribution in [0.5, 0.6) is 5.75 Å². The number of thiazole rings is 1. The molecule has 1 N–H and O–H groups in total. The van der Waals surface area contributed by atoms with E-state index in [1.165, 1.54) is 23.5 Å². The van der Waals surface area contributed by atoms with Crippen LogP contribution in [0.3, 0.4) is 0 Å². The zero-order valence-electron chi connectivity index (χ0n) is 13.7. The number of hydrogen-bond donors (Lipinski definition) is 1. The fourth-order valence-electron chi connectivity index (χ4n) is 2.30. The van der Waals surface area contributed by atoms with Crippen molar-refractivity contribution in [3.63, 3.8) is 0 Å². The molecule has 6 heteroatoms. The first-order chi connectivity index (χ1) is 12.2. The number of nitrogens with one attached hydrogen (secondary N) is 1. The highest BCUT2D eigenvalue weighted by molar-refractivity contribution is 7.13. The first-order valence-electron chi connectivity index (χ1n) is 7.87. The van der Waals surface area contributed by atoms with Crippen molar-refractivity contribution in [1.82, 2.24) is 10.3 Å². The normalized spacial score (nSPS) is 10.5. The first-order valence-corrected chi connectivity index (χ1v) is 8.75. The molecule has 3 aromatic rings. The van der Waals surface area contributed by atoms with Crippen molar-refractivity contribution in [3.05, 3.63) is 71.0 Å². The van der Waals surface area contributed by atoms with Gasteiger partial charge in [-0.3, -0.25) is 4.79 Å². The Bertz CT molecular complexity index is 862. The van der Waals surface area contributed by atoms with Crippen molar-refractivity contribution in [3.8, 4) is 16.3 Å². The van der Waals surface area contributed by atoms with Crippen LogP contribution in [0.15, 0.2) is 53.9 Å². The van der Waals surface area contributed by atoms with Gasteiger partial charge < -0.3 is 10.1 Å². The van der Waals surface area contributed by atoms with E-state index in [1.807, 2.05) is 31.2 Å². The van der Waals surface area contributed by atoms with Crippen LogP contribution in [-0.2, 0) is 6.54 Å². The van der Waals surface area contributed by atoms with Crippen LogP contribution in [0.2, 0.25) is 0 Å². The van der Waals surface area contributed by atoms with Crippen molar-refractivity contribution in [1.29, 1.82) is 0 Å². The van der Waals surface area contributed by atoms with Gasteiger partial charge in [-0.15, -0.1) is 11.3 Å². The van der Waals surface area contributed by atoms with Gasteiger partial charge in [-0.1, -0.05) is 24.3 Å². The number of benzene rings is 2. The molecule has 0 atom stereocenters. The van der Waals surface area contributed by atoms with E-state index in [-0.39, 0.29) is 11.7 Å². The Morgan fingerprint density at radius 3 is 2.72 bits per heavy atom. The Labute approximate surface area is 149 Å². The lowest BCUT2D eigenvalue weighted by molar-refractivity contribution is 0.0946. The predicted octanol–water partition coefficient (Wildman–Crippen LogP) is 4.28. The summed E-state index contributed by atoms with van der Waals surface area (Å²) in [5, 5.41) is 5.24. The average molecular weight is 356 g/mol. The molecule has 128 valence electrons. The largest absolute Gasteiger partial charge is 0.493 e. The standard InChI is InChI=1S/C19H17FN2O2S/c1-2-24-17-6-4-3-5-15(17)19-22-16(12-25-19)18(23)21-11-13-7-9-14(20)10-8-13/h3-10,12H,2,11H2,1H3,(H,21,23). The summed E-state index contributed by atoms with van der Waals surface area (Å²) < 4.78 is 18.5. The third kappa shape index (κ3) is 4.22. The average Bonchev–Trinajstić information content (AvgIpc) is 3.12. The monoisotopic (exact) mass is 356 g/mol. The minimum atomic E-state index is -0.299. The van der Waals surface area contributed by atoms with Gasteiger partial charge in [-0.2, -0.15) is 0 Å². The maximum Gasteiger partial charge on any atom is 0.271 e. The first kappa shape index (κ1) is 17.1. The molecule has 3 rings (SSSR count). The molecule has 1 aromatic heterocycles. The van der Waals surface area contributed by atoms with Crippen molar-refractivity contribution in [2.24, 2.45) is 0 Å². The maximum absolute atomic E-state index is 12.9. The molecule has 0 radical (unpaired) electrons. The van der Waals surface area contributed by atoms with Gasteiger partial charge in [0.25, 0.3) is 5.91 Å². The molecule has 1 amide bonds. The summed E-state index contributed by atoms with van der Waals surface area (Å²) in [7, 11) is 0.